The minimum atomic E-state index is -1.10. The Morgan fingerprint density at radius 2 is 2.35 bits per heavy atom. The third kappa shape index (κ3) is 2.39. The topological polar surface area (TPSA) is 101 Å². The lowest BCUT2D eigenvalue weighted by Crippen LogP contribution is -2.03. The summed E-state index contributed by atoms with van der Waals surface area (Å²) in [5.41, 5.74) is 1.17. The van der Waals surface area contributed by atoms with Gasteiger partial charge in [0.15, 0.2) is 5.69 Å². The Morgan fingerprint density at radius 3 is 3.06 bits per heavy atom. The van der Waals surface area contributed by atoms with Crippen LogP contribution in [0.5, 0.6) is 5.88 Å². The molecule has 2 aromatic rings. The third-order valence-corrected chi connectivity index (χ3v) is 2.20. The molecule has 0 aromatic carbocycles. The smallest absolute Gasteiger partial charge is 0.358 e. The van der Waals surface area contributed by atoms with Gasteiger partial charge in [0.25, 0.3) is 0 Å². The number of hydrogen-bond acceptors (Lipinski definition) is 5. The first-order valence-corrected chi connectivity index (χ1v) is 4.82. The van der Waals surface area contributed by atoms with Gasteiger partial charge >= 0.3 is 5.97 Å². The van der Waals surface area contributed by atoms with E-state index < -0.39 is 5.97 Å². The SMILES string of the molecule is COc1cc(Cc2n[nH]nc2C(=O)O)ccn1. The van der Waals surface area contributed by atoms with Crippen molar-refractivity contribution in [2.75, 3.05) is 7.11 Å². The summed E-state index contributed by atoms with van der Waals surface area (Å²) >= 11 is 0. The maximum Gasteiger partial charge on any atom is 0.358 e. The summed E-state index contributed by atoms with van der Waals surface area (Å²) in [7, 11) is 1.52. The van der Waals surface area contributed by atoms with Gasteiger partial charge in [-0.25, -0.2) is 9.78 Å². The van der Waals surface area contributed by atoms with Gasteiger partial charge in [0.05, 0.1) is 7.11 Å². The quantitative estimate of drug-likeness (QED) is 0.798. The molecule has 0 unspecified atom stereocenters. The molecule has 2 rings (SSSR count). The van der Waals surface area contributed by atoms with Crippen LogP contribution in [-0.4, -0.2) is 38.6 Å². The van der Waals surface area contributed by atoms with Crippen LogP contribution in [0.15, 0.2) is 18.3 Å². The van der Waals surface area contributed by atoms with E-state index in [9.17, 15) is 4.79 Å². The number of aromatic carboxylic acids is 1. The summed E-state index contributed by atoms with van der Waals surface area (Å²) < 4.78 is 4.98. The minimum Gasteiger partial charge on any atom is -0.481 e. The van der Waals surface area contributed by atoms with Crippen molar-refractivity contribution < 1.29 is 14.6 Å². The van der Waals surface area contributed by atoms with E-state index in [4.69, 9.17) is 9.84 Å². The van der Waals surface area contributed by atoms with E-state index in [1.807, 2.05) is 0 Å². The van der Waals surface area contributed by atoms with Crippen molar-refractivity contribution in [3.8, 4) is 5.88 Å². The van der Waals surface area contributed by atoms with Gasteiger partial charge in [-0.15, -0.1) is 5.10 Å². The van der Waals surface area contributed by atoms with Gasteiger partial charge < -0.3 is 9.84 Å². The number of carbonyl (C=O) groups is 1. The highest BCUT2D eigenvalue weighted by molar-refractivity contribution is 5.86. The van der Waals surface area contributed by atoms with Gasteiger partial charge in [-0.3, -0.25) is 0 Å². The Morgan fingerprint density at radius 1 is 1.53 bits per heavy atom. The van der Waals surface area contributed by atoms with Gasteiger partial charge in [-0.2, -0.15) is 10.3 Å². The van der Waals surface area contributed by atoms with Gasteiger partial charge in [0.2, 0.25) is 5.88 Å². The molecule has 0 atom stereocenters. The number of nitrogens with zero attached hydrogens (tertiary/aromatic N) is 3. The Balaban J connectivity index is 2.25. The molecular weight excluding hydrogens is 224 g/mol. The monoisotopic (exact) mass is 234 g/mol. The predicted molar refractivity (Wildman–Crippen MR) is 56.9 cm³/mol. The zero-order valence-electron chi connectivity index (χ0n) is 9.04. The minimum absolute atomic E-state index is 0.0687. The van der Waals surface area contributed by atoms with E-state index in [-0.39, 0.29) is 5.69 Å². The van der Waals surface area contributed by atoms with E-state index in [0.29, 0.717) is 18.0 Å². The molecule has 0 bridgehead atoms. The Hall–Kier alpha value is -2.44. The second-order valence-corrected chi connectivity index (χ2v) is 3.31. The molecular formula is C10H10N4O3. The highest BCUT2D eigenvalue weighted by Gasteiger charge is 2.15. The largest absolute Gasteiger partial charge is 0.481 e. The summed E-state index contributed by atoms with van der Waals surface area (Å²) in [6, 6.07) is 3.49. The molecule has 0 saturated heterocycles. The van der Waals surface area contributed by atoms with Crippen LogP contribution >= 0.6 is 0 Å². The molecule has 0 saturated carbocycles. The Kier molecular flexibility index (Phi) is 2.99. The zero-order valence-corrected chi connectivity index (χ0v) is 9.04. The molecule has 0 radical (unpaired) electrons. The van der Waals surface area contributed by atoms with Crippen LogP contribution in [0.25, 0.3) is 0 Å². The average Bonchev–Trinajstić information content (AvgIpc) is 2.77. The summed E-state index contributed by atoms with van der Waals surface area (Å²) in [5, 5.41) is 18.6. The Bertz CT molecular complexity index is 538. The first-order chi connectivity index (χ1) is 8.20. The number of H-pyrrole nitrogens is 1. The molecule has 0 spiro atoms. The molecule has 17 heavy (non-hydrogen) atoms. The van der Waals surface area contributed by atoms with Crippen molar-refractivity contribution in [1.82, 2.24) is 20.4 Å². The van der Waals surface area contributed by atoms with Crippen molar-refractivity contribution in [3.05, 3.63) is 35.3 Å². The highest BCUT2D eigenvalue weighted by atomic mass is 16.5. The number of rotatable bonds is 4. The molecule has 7 nitrogen and oxygen atoms in total. The van der Waals surface area contributed by atoms with Crippen LogP contribution in [0.2, 0.25) is 0 Å². The van der Waals surface area contributed by atoms with E-state index in [2.05, 4.69) is 20.4 Å². The van der Waals surface area contributed by atoms with Gasteiger partial charge in [-0.05, 0) is 11.6 Å². The van der Waals surface area contributed by atoms with Crippen LogP contribution in [-0.2, 0) is 6.42 Å². The van der Waals surface area contributed by atoms with E-state index in [1.54, 1.807) is 18.3 Å². The van der Waals surface area contributed by atoms with Crippen molar-refractivity contribution in [3.63, 3.8) is 0 Å². The summed E-state index contributed by atoms with van der Waals surface area (Å²) in [6.45, 7) is 0. The van der Waals surface area contributed by atoms with Gasteiger partial charge in [0.1, 0.15) is 5.69 Å². The van der Waals surface area contributed by atoms with Crippen molar-refractivity contribution in [1.29, 1.82) is 0 Å². The molecule has 0 aliphatic carbocycles. The number of aromatic amines is 1. The number of carboxylic acid groups (broad SMARTS) is 1. The number of carboxylic acids is 1. The van der Waals surface area contributed by atoms with Gasteiger partial charge in [0, 0.05) is 18.7 Å². The fourth-order valence-electron chi connectivity index (χ4n) is 1.41. The third-order valence-electron chi connectivity index (χ3n) is 2.20. The van der Waals surface area contributed by atoms with Crippen LogP contribution in [0.3, 0.4) is 0 Å². The standard InChI is InChI=1S/C10H10N4O3/c1-17-8-5-6(2-3-11-8)4-7-9(10(15)16)13-14-12-7/h2-3,5H,4H2,1H3,(H,15,16)(H,12,13,14). The second kappa shape index (κ2) is 4.60. The van der Waals surface area contributed by atoms with Crippen LogP contribution in [0.4, 0.5) is 0 Å². The van der Waals surface area contributed by atoms with E-state index >= 15 is 0 Å². The zero-order chi connectivity index (χ0) is 12.3. The molecule has 7 heteroatoms. The lowest BCUT2D eigenvalue weighted by Gasteiger charge is -2.01. The first kappa shape index (κ1) is 11.1. The maximum absolute atomic E-state index is 10.8. The molecule has 88 valence electrons. The molecule has 0 fully saturated rings. The molecule has 0 aliphatic heterocycles. The molecule has 2 N–H and O–H groups in total. The fraction of sp³-hybridized carbons (Fsp3) is 0.200. The summed E-state index contributed by atoms with van der Waals surface area (Å²) in [5.74, 6) is -0.627. The van der Waals surface area contributed by atoms with Crippen molar-refractivity contribution >= 4 is 5.97 Å². The summed E-state index contributed by atoms with van der Waals surface area (Å²) in [4.78, 5) is 14.8. The Labute approximate surface area is 96.5 Å². The predicted octanol–water partition coefficient (Wildman–Crippen LogP) is 0.497. The second-order valence-electron chi connectivity index (χ2n) is 3.31. The normalized spacial score (nSPS) is 10.2. The molecule has 0 aliphatic rings. The molecule has 0 amide bonds. The number of hydrogen-bond donors (Lipinski definition) is 2. The van der Waals surface area contributed by atoms with Crippen LogP contribution in [0.1, 0.15) is 21.7 Å². The number of aromatic nitrogens is 4. The number of nitrogens with one attached hydrogen (secondary N) is 1. The van der Waals surface area contributed by atoms with Crippen LogP contribution in [0, 0.1) is 0 Å². The van der Waals surface area contributed by atoms with Crippen molar-refractivity contribution in [2.24, 2.45) is 0 Å². The van der Waals surface area contributed by atoms with E-state index in [0.717, 1.165) is 5.56 Å². The maximum atomic E-state index is 10.8. The van der Waals surface area contributed by atoms with Gasteiger partial charge in [-0.1, -0.05) is 0 Å². The fourth-order valence-corrected chi connectivity index (χ4v) is 1.41. The molecule has 2 heterocycles. The lowest BCUT2D eigenvalue weighted by molar-refractivity contribution is 0.0689. The van der Waals surface area contributed by atoms with Crippen molar-refractivity contribution in [2.45, 2.75) is 6.42 Å². The lowest BCUT2D eigenvalue weighted by atomic mass is 10.1. The highest BCUT2D eigenvalue weighted by Crippen LogP contribution is 2.13. The number of pyridine rings is 1. The number of ether oxygens (including phenoxy) is 1. The summed E-state index contributed by atoms with van der Waals surface area (Å²) in [6.07, 6.45) is 1.95. The first-order valence-electron chi connectivity index (χ1n) is 4.82. The van der Waals surface area contributed by atoms with Crippen LogP contribution < -0.4 is 4.74 Å². The van der Waals surface area contributed by atoms with E-state index in [1.165, 1.54) is 7.11 Å². The number of methoxy groups -OCH3 is 1. The molecule has 2 aromatic heterocycles. The average molecular weight is 234 g/mol.